The van der Waals surface area contributed by atoms with E-state index in [9.17, 15) is 4.79 Å². The predicted octanol–water partition coefficient (Wildman–Crippen LogP) is 0.950. The van der Waals surface area contributed by atoms with Crippen molar-refractivity contribution < 1.29 is 9.53 Å². The first-order valence-electron chi connectivity index (χ1n) is 5.02. The van der Waals surface area contributed by atoms with Crippen LogP contribution in [0, 0.1) is 0 Å². The van der Waals surface area contributed by atoms with Crippen LogP contribution >= 0.6 is 15.9 Å². The van der Waals surface area contributed by atoms with Gasteiger partial charge in [-0.1, -0.05) is 15.9 Å². The lowest BCUT2D eigenvalue weighted by Crippen LogP contribution is -2.38. The lowest BCUT2D eigenvalue weighted by atomic mass is 10.2. The summed E-state index contributed by atoms with van der Waals surface area (Å²) in [7, 11) is 3.40. The average Bonchev–Trinajstić information content (AvgIpc) is 2.65. The molecule has 0 saturated carbocycles. The zero-order chi connectivity index (χ0) is 12.0. The standard InChI is InChI=1S/C10H16BrN3O2/c1-14-6-4-9(13-14)10(15)12-8(3-5-11)7-16-2/h4,6,8H,3,5,7H2,1-2H3,(H,12,15). The van der Waals surface area contributed by atoms with Gasteiger partial charge in [0.05, 0.1) is 12.6 Å². The minimum atomic E-state index is -0.163. The molecule has 1 N–H and O–H groups in total. The number of rotatable bonds is 6. The SMILES string of the molecule is COCC(CCBr)NC(=O)c1ccn(C)n1. The van der Waals surface area contributed by atoms with Gasteiger partial charge in [-0.15, -0.1) is 0 Å². The van der Waals surface area contributed by atoms with E-state index in [1.165, 1.54) is 0 Å². The number of hydrogen-bond acceptors (Lipinski definition) is 3. The summed E-state index contributed by atoms with van der Waals surface area (Å²) < 4.78 is 6.64. The molecule has 1 heterocycles. The van der Waals surface area contributed by atoms with Crippen molar-refractivity contribution in [2.45, 2.75) is 12.5 Å². The van der Waals surface area contributed by atoms with Gasteiger partial charge in [0, 0.05) is 25.7 Å². The topological polar surface area (TPSA) is 56.1 Å². The molecule has 1 amide bonds. The molecule has 1 unspecified atom stereocenters. The number of carbonyl (C=O) groups is 1. The Kier molecular flexibility index (Phi) is 5.48. The second-order valence-electron chi connectivity index (χ2n) is 3.48. The van der Waals surface area contributed by atoms with E-state index < -0.39 is 0 Å². The second-order valence-corrected chi connectivity index (χ2v) is 4.27. The number of ether oxygens (including phenoxy) is 1. The molecule has 1 aromatic heterocycles. The summed E-state index contributed by atoms with van der Waals surface area (Å²) in [6, 6.07) is 1.70. The van der Waals surface area contributed by atoms with Crippen LogP contribution in [0.15, 0.2) is 12.3 Å². The monoisotopic (exact) mass is 289 g/mol. The minimum absolute atomic E-state index is 0.0129. The van der Waals surface area contributed by atoms with Gasteiger partial charge in [-0.3, -0.25) is 9.48 Å². The van der Waals surface area contributed by atoms with Crippen molar-refractivity contribution in [3.05, 3.63) is 18.0 Å². The molecule has 0 saturated heterocycles. The van der Waals surface area contributed by atoms with Crippen LogP contribution in [0.3, 0.4) is 0 Å². The van der Waals surface area contributed by atoms with Gasteiger partial charge in [0.2, 0.25) is 0 Å². The van der Waals surface area contributed by atoms with E-state index in [1.807, 2.05) is 0 Å². The van der Waals surface area contributed by atoms with Gasteiger partial charge in [0.1, 0.15) is 5.69 Å². The van der Waals surface area contributed by atoms with Crippen LogP contribution in [-0.4, -0.2) is 40.8 Å². The van der Waals surface area contributed by atoms with Crippen LogP contribution in [-0.2, 0) is 11.8 Å². The molecular formula is C10H16BrN3O2. The van der Waals surface area contributed by atoms with E-state index >= 15 is 0 Å². The highest BCUT2D eigenvalue weighted by atomic mass is 79.9. The summed E-state index contributed by atoms with van der Waals surface area (Å²) in [6.45, 7) is 0.504. The molecular weight excluding hydrogens is 274 g/mol. The van der Waals surface area contributed by atoms with E-state index in [2.05, 4.69) is 26.3 Å². The Morgan fingerprint density at radius 3 is 3.00 bits per heavy atom. The quantitative estimate of drug-likeness (QED) is 0.794. The fraction of sp³-hybridized carbons (Fsp3) is 0.600. The molecule has 1 aromatic rings. The first-order chi connectivity index (χ1) is 7.67. The summed E-state index contributed by atoms with van der Waals surface area (Å²) in [4.78, 5) is 11.8. The number of hydrogen-bond donors (Lipinski definition) is 1. The molecule has 0 aliphatic carbocycles. The second kappa shape index (κ2) is 6.65. The van der Waals surface area contributed by atoms with Gasteiger partial charge in [-0.05, 0) is 12.5 Å². The fourth-order valence-corrected chi connectivity index (χ4v) is 1.88. The lowest BCUT2D eigenvalue weighted by Gasteiger charge is -2.15. The maximum Gasteiger partial charge on any atom is 0.272 e. The maximum absolute atomic E-state index is 11.8. The van der Waals surface area contributed by atoms with Crippen molar-refractivity contribution in [1.82, 2.24) is 15.1 Å². The third-order valence-electron chi connectivity index (χ3n) is 2.11. The largest absolute Gasteiger partial charge is 0.383 e. The van der Waals surface area contributed by atoms with Gasteiger partial charge in [0.25, 0.3) is 5.91 Å². The highest BCUT2D eigenvalue weighted by molar-refractivity contribution is 9.09. The number of amides is 1. The molecule has 90 valence electrons. The van der Waals surface area contributed by atoms with Gasteiger partial charge in [-0.2, -0.15) is 5.10 Å². The summed E-state index contributed by atoms with van der Waals surface area (Å²) in [5.41, 5.74) is 0.429. The number of alkyl halides is 1. The lowest BCUT2D eigenvalue weighted by molar-refractivity contribution is 0.0890. The first-order valence-corrected chi connectivity index (χ1v) is 6.15. The number of aryl methyl sites for hydroxylation is 1. The Morgan fingerprint density at radius 2 is 2.50 bits per heavy atom. The molecule has 0 aliphatic rings. The Balaban J connectivity index is 2.54. The molecule has 0 spiro atoms. The summed E-state index contributed by atoms with van der Waals surface area (Å²) in [6.07, 6.45) is 2.57. The normalized spacial score (nSPS) is 12.4. The van der Waals surface area contributed by atoms with Crippen molar-refractivity contribution >= 4 is 21.8 Å². The van der Waals surface area contributed by atoms with Gasteiger partial charge in [-0.25, -0.2) is 0 Å². The smallest absolute Gasteiger partial charge is 0.272 e. The fourth-order valence-electron chi connectivity index (χ4n) is 1.33. The van der Waals surface area contributed by atoms with Gasteiger partial charge >= 0.3 is 0 Å². The number of carbonyl (C=O) groups excluding carboxylic acids is 1. The predicted molar refractivity (Wildman–Crippen MR) is 64.7 cm³/mol. The average molecular weight is 290 g/mol. The van der Waals surface area contributed by atoms with Crippen LogP contribution < -0.4 is 5.32 Å². The molecule has 0 aliphatic heterocycles. The zero-order valence-corrected chi connectivity index (χ0v) is 11.0. The van der Waals surface area contributed by atoms with E-state index in [0.29, 0.717) is 12.3 Å². The summed E-state index contributed by atoms with van der Waals surface area (Å²) >= 11 is 3.34. The molecule has 0 aromatic carbocycles. The van der Waals surface area contributed by atoms with Crippen molar-refractivity contribution in [2.75, 3.05) is 19.0 Å². The van der Waals surface area contributed by atoms with Crippen LogP contribution in [0.5, 0.6) is 0 Å². The van der Waals surface area contributed by atoms with E-state index in [4.69, 9.17) is 4.74 Å². The van der Waals surface area contributed by atoms with Gasteiger partial charge in [0.15, 0.2) is 0 Å². The maximum atomic E-state index is 11.8. The van der Waals surface area contributed by atoms with Crippen LogP contribution in [0.25, 0.3) is 0 Å². The third kappa shape index (κ3) is 3.94. The molecule has 16 heavy (non-hydrogen) atoms. The number of nitrogens with one attached hydrogen (secondary N) is 1. The molecule has 0 bridgehead atoms. The number of halogens is 1. The minimum Gasteiger partial charge on any atom is -0.383 e. The first kappa shape index (κ1) is 13.2. The Bertz CT molecular complexity index is 335. The van der Waals surface area contributed by atoms with Gasteiger partial charge < -0.3 is 10.1 Å². The number of methoxy groups -OCH3 is 1. The zero-order valence-electron chi connectivity index (χ0n) is 9.44. The van der Waals surface area contributed by atoms with Crippen LogP contribution in [0.2, 0.25) is 0 Å². The van der Waals surface area contributed by atoms with Crippen LogP contribution in [0.4, 0.5) is 0 Å². The van der Waals surface area contributed by atoms with E-state index in [-0.39, 0.29) is 11.9 Å². The molecule has 6 heteroatoms. The molecule has 1 atom stereocenters. The third-order valence-corrected chi connectivity index (χ3v) is 2.56. The number of aromatic nitrogens is 2. The molecule has 0 fully saturated rings. The van der Waals surface area contributed by atoms with Crippen molar-refractivity contribution in [3.8, 4) is 0 Å². The highest BCUT2D eigenvalue weighted by Gasteiger charge is 2.14. The van der Waals surface area contributed by atoms with Crippen molar-refractivity contribution in [1.29, 1.82) is 0 Å². The molecule has 0 radical (unpaired) electrons. The summed E-state index contributed by atoms with van der Waals surface area (Å²) in [5.74, 6) is -0.163. The van der Waals surface area contributed by atoms with Crippen molar-refractivity contribution in [3.63, 3.8) is 0 Å². The Hall–Kier alpha value is -0.880. The number of nitrogens with zero attached hydrogens (tertiary/aromatic N) is 2. The van der Waals surface area contributed by atoms with Crippen LogP contribution in [0.1, 0.15) is 16.9 Å². The van der Waals surface area contributed by atoms with E-state index in [1.54, 1.807) is 31.1 Å². The molecule has 1 rings (SSSR count). The Labute approximate surface area is 103 Å². The van der Waals surface area contributed by atoms with Crippen molar-refractivity contribution in [2.24, 2.45) is 7.05 Å². The molecule has 5 nitrogen and oxygen atoms in total. The Morgan fingerprint density at radius 1 is 1.75 bits per heavy atom. The van der Waals surface area contributed by atoms with E-state index in [0.717, 1.165) is 11.8 Å². The summed E-state index contributed by atoms with van der Waals surface area (Å²) in [5, 5.41) is 7.74. The highest BCUT2D eigenvalue weighted by Crippen LogP contribution is 2.00.